The molecule has 0 aliphatic rings. The van der Waals surface area contributed by atoms with E-state index in [1.165, 1.54) is 6.07 Å². The molecule has 0 saturated heterocycles. The van der Waals surface area contributed by atoms with Crippen LogP contribution >= 0.6 is 0 Å². The van der Waals surface area contributed by atoms with Gasteiger partial charge in [0.15, 0.2) is 0 Å². The third-order valence-electron chi connectivity index (χ3n) is 1.82. The van der Waals surface area contributed by atoms with E-state index in [2.05, 4.69) is 0 Å². The Morgan fingerprint density at radius 2 is 1.85 bits per heavy atom. The van der Waals surface area contributed by atoms with Crippen molar-refractivity contribution in [2.75, 3.05) is 0 Å². The number of rotatable bonds is 2. The average molecular weight is 182 g/mol. The quantitative estimate of drug-likeness (QED) is 0.571. The molecule has 1 aromatic rings. The van der Waals surface area contributed by atoms with Crippen LogP contribution in [0.25, 0.3) is 0 Å². The Balaban J connectivity index is 3.22. The topological polar surface area (TPSA) is 77.8 Å². The van der Waals surface area contributed by atoms with Crippen LogP contribution in [0.4, 0.5) is 0 Å². The van der Waals surface area contributed by atoms with Crippen LogP contribution in [0.2, 0.25) is 0 Å². The van der Waals surface area contributed by atoms with E-state index in [4.69, 9.17) is 5.11 Å². The first-order valence-electron chi connectivity index (χ1n) is 3.70. The highest BCUT2D eigenvalue weighted by Gasteiger charge is 2.36. The zero-order valence-electron chi connectivity index (χ0n) is 7.06. The Morgan fingerprint density at radius 3 is 2.31 bits per heavy atom. The van der Waals surface area contributed by atoms with E-state index in [-0.39, 0.29) is 5.56 Å². The summed E-state index contributed by atoms with van der Waals surface area (Å²) < 4.78 is 0. The van der Waals surface area contributed by atoms with Gasteiger partial charge in [0.1, 0.15) is 0 Å². The summed E-state index contributed by atoms with van der Waals surface area (Å²) in [6, 6.07) is 6.21. The Labute approximate surface area is 75.1 Å². The van der Waals surface area contributed by atoms with Crippen LogP contribution in [0, 0.1) is 6.92 Å². The lowest BCUT2D eigenvalue weighted by atomic mass is 10.0. The highest BCUT2D eigenvalue weighted by atomic mass is 16.5. The van der Waals surface area contributed by atoms with Crippen molar-refractivity contribution in [1.29, 1.82) is 0 Å². The Kier molecular flexibility index (Phi) is 2.36. The first kappa shape index (κ1) is 9.70. The number of aliphatic carboxylic acids is 1. The SMILES string of the molecule is Cc1ccccc1C(O)(O)C(=O)O. The maximum absolute atomic E-state index is 10.5. The molecule has 0 aromatic heterocycles. The molecule has 0 amide bonds. The number of benzene rings is 1. The van der Waals surface area contributed by atoms with Crippen LogP contribution in [0.5, 0.6) is 0 Å². The third-order valence-corrected chi connectivity index (χ3v) is 1.82. The Hall–Kier alpha value is -1.39. The van der Waals surface area contributed by atoms with Crippen LogP contribution < -0.4 is 0 Å². The molecule has 4 heteroatoms. The normalized spacial score (nSPS) is 11.3. The van der Waals surface area contributed by atoms with E-state index >= 15 is 0 Å². The van der Waals surface area contributed by atoms with Gasteiger partial charge in [-0.1, -0.05) is 24.3 Å². The van der Waals surface area contributed by atoms with E-state index in [1.54, 1.807) is 25.1 Å². The molecule has 4 nitrogen and oxygen atoms in total. The Bertz CT molecular complexity index is 330. The molecule has 0 unspecified atom stereocenters. The predicted octanol–water partition coefficient (Wildman–Crippen LogP) is 0.217. The molecule has 0 saturated carbocycles. The number of aryl methyl sites for hydroxylation is 1. The van der Waals surface area contributed by atoms with Crippen LogP contribution in [-0.2, 0) is 10.6 Å². The standard InChI is InChI=1S/C9H10O4/c1-6-4-2-3-5-7(6)9(12,13)8(10)11/h2-5,12-13H,1H3,(H,10,11). The molecule has 0 spiro atoms. The smallest absolute Gasteiger partial charge is 0.369 e. The van der Waals surface area contributed by atoms with E-state index in [1.807, 2.05) is 0 Å². The monoisotopic (exact) mass is 182 g/mol. The highest BCUT2D eigenvalue weighted by molar-refractivity contribution is 5.77. The molecule has 3 N–H and O–H groups in total. The minimum atomic E-state index is -2.80. The molecule has 13 heavy (non-hydrogen) atoms. The summed E-state index contributed by atoms with van der Waals surface area (Å²) in [7, 11) is 0. The maximum Gasteiger partial charge on any atom is 0.369 e. The van der Waals surface area contributed by atoms with Crippen molar-refractivity contribution in [3.63, 3.8) is 0 Å². The fourth-order valence-corrected chi connectivity index (χ4v) is 1.08. The summed E-state index contributed by atoms with van der Waals surface area (Å²) in [4.78, 5) is 10.5. The lowest BCUT2D eigenvalue weighted by Gasteiger charge is -2.18. The van der Waals surface area contributed by atoms with Gasteiger partial charge in [0.25, 0.3) is 5.79 Å². The van der Waals surface area contributed by atoms with Gasteiger partial charge in [-0.25, -0.2) is 4.79 Å². The van der Waals surface area contributed by atoms with E-state index < -0.39 is 11.8 Å². The van der Waals surface area contributed by atoms with Gasteiger partial charge in [-0.3, -0.25) is 0 Å². The molecule has 0 fully saturated rings. The van der Waals surface area contributed by atoms with Crippen molar-refractivity contribution in [3.05, 3.63) is 35.4 Å². The van der Waals surface area contributed by atoms with Gasteiger partial charge in [-0.05, 0) is 12.5 Å². The van der Waals surface area contributed by atoms with Gasteiger partial charge < -0.3 is 15.3 Å². The van der Waals surface area contributed by atoms with Gasteiger partial charge in [-0.2, -0.15) is 0 Å². The largest absolute Gasteiger partial charge is 0.477 e. The van der Waals surface area contributed by atoms with Crippen molar-refractivity contribution in [2.45, 2.75) is 12.7 Å². The van der Waals surface area contributed by atoms with Gasteiger partial charge in [0.05, 0.1) is 0 Å². The van der Waals surface area contributed by atoms with Crippen molar-refractivity contribution in [1.82, 2.24) is 0 Å². The van der Waals surface area contributed by atoms with E-state index in [0.717, 1.165) is 0 Å². The molecule has 0 atom stereocenters. The van der Waals surface area contributed by atoms with Crippen molar-refractivity contribution in [3.8, 4) is 0 Å². The van der Waals surface area contributed by atoms with Crippen LogP contribution in [0.1, 0.15) is 11.1 Å². The lowest BCUT2D eigenvalue weighted by Crippen LogP contribution is -2.35. The lowest BCUT2D eigenvalue weighted by molar-refractivity contribution is -0.208. The number of carbonyl (C=O) groups is 1. The van der Waals surface area contributed by atoms with E-state index in [9.17, 15) is 15.0 Å². The summed E-state index contributed by atoms with van der Waals surface area (Å²) in [5, 5.41) is 26.9. The molecule has 70 valence electrons. The number of aliphatic hydroxyl groups is 2. The van der Waals surface area contributed by atoms with Gasteiger partial charge in [-0.15, -0.1) is 0 Å². The molecular weight excluding hydrogens is 172 g/mol. The van der Waals surface area contributed by atoms with Crippen LogP contribution in [-0.4, -0.2) is 21.3 Å². The minimum Gasteiger partial charge on any atom is -0.477 e. The first-order valence-corrected chi connectivity index (χ1v) is 3.70. The minimum absolute atomic E-state index is 0.0116. The molecule has 0 aliphatic carbocycles. The molecule has 0 aliphatic heterocycles. The maximum atomic E-state index is 10.5. The molecule has 0 radical (unpaired) electrons. The zero-order valence-corrected chi connectivity index (χ0v) is 7.06. The van der Waals surface area contributed by atoms with Crippen LogP contribution in [0.3, 0.4) is 0 Å². The Morgan fingerprint density at radius 1 is 1.31 bits per heavy atom. The highest BCUT2D eigenvalue weighted by Crippen LogP contribution is 2.21. The molecule has 0 heterocycles. The molecule has 0 bridgehead atoms. The molecule has 1 aromatic carbocycles. The van der Waals surface area contributed by atoms with Gasteiger partial charge >= 0.3 is 5.97 Å². The number of carboxylic acid groups (broad SMARTS) is 1. The van der Waals surface area contributed by atoms with Crippen LogP contribution in [0.15, 0.2) is 24.3 Å². The second kappa shape index (κ2) is 3.16. The fraction of sp³-hybridized carbons (Fsp3) is 0.222. The van der Waals surface area contributed by atoms with Gasteiger partial charge in [0.2, 0.25) is 0 Å². The average Bonchev–Trinajstić information content (AvgIpc) is 2.04. The fourth-order valence-electron chi connectivity index (χ4n) is 1.08. The predicted molar refractivity (Wildman–Crippen MR) is 44.9 cm³/mol. The molecular formula is C9H10O4. The van der Waals surface area contributed by atoms with Gasteiger partial charge in [0, 0.05) is 5.56 Å². The van der Waals surface area contributed by atoms with E-state index in [0.29, 0.717) is 5.56 Å². The van der Waals surface area contributed by atoms with Crippen molar-refractivity contribution >= 4 is 5.97 Å². The second-order valence-corrected chi connectivity index (χ2v) is 2.79. The number of carboxylic acids is 1. The van der Waals surface area contributed by atoms with Crippen molar-refractivity contribution in [2.24, 2.45) is 0 Å². The summed E-state index contributed by atoms with van der Waals surface area (Å²) in [6.45, 7) is 1.61. The zero-order chi connectivity index (χ0) is 10.1. The first-order chi connectivity index (χ1) is 5.96. The summed E-state index contributed by atoms with van der Waals surface area (Å²) in [5.41, 5.74) is 0.511. The summed E-state index contributed by atoms with van der Waals surface area (Å²) in [6.07, 6.45) is 0. The van der Waals surface area contributed by atoms with Crippen molar-refractivity contribution < 1.29 is 20.1 Å². The second-order valence-electron chi connectivity index (χ2n) is 2.79. The summed E-state index contributed by atoms with van der Waals surface area (Å²) >= 11 is 0. The third kappa shape index (κ3) is 1.68. The number of hydrogen-bond donors (Lipinski definition) is 3. The number of hydrogen-bond acceptors (Lipinski definition) is 3. The summed E-state index contributed by atoms with van der Waals surface area (Å²) in [5.74, 6) is -4.48. The molecule has 1 rings (SSSR count).